The van der Waals surface area contributed by atoms with Crippen LogP contribution in [0.1, 0.15) is 16.7 Å². The average molecular weight is 348 g/mol. The van der Waals surface area contributed by atoms with Crippen molar-refractivity contribution in [3.63, 3.8) is 0 Å². The van der Waals surface area contributed by atoms with Gasteiger partial charge in [-0.05, 0) is 49.4 Å². The van der Waals surface area contributed by atoms with Gasteiger partial charge in [0.2, 0.25) is 0 Å². The molecule has 2 aromatic rings. The van der Waals surface area contributed by atoms with Crippen LogP contribution in [0.5, 0.6) is 11.5 Å². The van der Waals surface area contributed by atoms with E-state index in [4.69, 9.17) is 9.47 Å². The Labute approximate surface area is 145 Å². The number of nitro benzene ring substituents is 1. The van der Waals surface area contributed by atoms with Crippen molar-refractivity contribution in [3.05, 3.63) is 63.0 Å². The maximum Gasteiger partial charge on any atom is 0.274 e. The van der Waals surface area contributed by atoms with Crippen LogP contribution in [0.25, 0.3) is 0 Å². The number of hydrogen-bond acceptors (Lipinski definition) is 5. The number of benzene rings is 2. The van der Waals surface area contributed by atoms with Gasteiger partial charge in [0.15, 0.2) is 11.5 Å². The lowest BCUT2D eigenvalue weighted by Gasteiger charge is -2.19. The van der Waals surface area contributed by atoms with Crippen molar-refractivity contribution in [2.24, 2.45) is 0 Å². The highest BCUT2D eigenvalue weighted by Gasteiger charge is 2.17. The normalized spacial score (nSPS) is 10.8. The highest BCUT2D eigenvalue weighted by Crippen LogP contribution is 2.31. The fourth-order valence-electron chi connectivity index (χ4n) is 2.69. The van der Waals surface area contributed by atoms with Crippen molar-refractivity contribution in [3.8, 4) is 11.5 Å². The van der Waals surface area contributed by atoms with Crippen LogP contribution in [-0.4, -0.2) is 31.1 Å². The first-order valence-corrected chi connectivity index (χ1v) is 7.68. The van der Waals surface area contributed by atoms with E-state index in [1.807, 2.05) is 31.0 Å². The Balaban J connectivity index is 2.22. The van der Waals surface area contributed by atoms with Gasteiger partial charge in [0.1, 0.15) is 5.82 Å². The second-order valence-electron chi connectivity index (χ2n) is 5.84. The van der Waals surface area contributed by atoms with Gasteiger partial charge in [-0.2, -0.15) is 0 Å². The lowest BCUT2D eigenvalue weighted by molar-refractivity contribution is -0.385. The van der Waals surface area contributed by atoms with E-state index < -0.39 is 10.7 Å². The summed E-state index contributed by atoms with van der Waals surface area (Å²) in [7, 11) is 4.97. The Kier molecular flexibility index (Phi) is 5.93. The Morgan fingerprint density at radius 3 is 2.28 bits per heavy atom. The minimum absolute atomic E-state index is 0.0858. The average Bonchev–Trinajstić information content (AvgIpc) is 2.55. The minimum atomic E-state index is -0.496. The van der Waals surface area contributed by atoms with Crippen LogP contribution in [-0.2, 0) is 13.1 Å². The maximum atomic E-state index is 13.5. The fourth-order valence-corrected chi connectivity index (χ4v) is 2.69. The molecule has 0 spiro atoms. The van der Waals surface area contributed by atoms with E-state index in [1.54, 1.807) is 14.2 Å². The lowest BCUT2D eigenvalue weighted by atomic mass is 10.1. The number of nitro groups is 1. The third-order valence-electron chi connectivity index (χ3n) is 3.96. The summed E-state index contributed by atoms with van der Waals surface area (Å²) < 4.78 is 24.1. The minimum Gasteiger partial charge on any atom is -0.493 e. The highest BCUT2D eigenvalue weighted by atomic mass is 19.1. The molecule has 2 aromatic carbocycles. The molecule has 0 saturated carbocycles. The van der Waals surface area contributed by atoms with Crippen LogP contribution in [0.15, 0.2) is 30.3 Å². The largest absolute Gasteiger partial charge is 0.493 e. The van der Waals surface area contributed by atoms with E-state index in [9.17, 15) is 14.5 Å². The van der Waals surface area contributed by atoms with Crippen molar-refractivity contribution in [1.29, 1.82) is 0 Å². The van der Waals surface area contributed by atoms with Gasteiger partial charge in [0.25, 0.3) is 5.69 Å². The Hall–Kier alpha value is -2.67. The fraction of sp³-hybridized carbons (Fsp3) is 0.333. The van der Waals surface area contributed by atoms with Gasteiger partial charge in [0.05, 0.1) is 19.1 Å². The summed E-state index contributed by atoms with van der Waals surface area (Å²) in [6.45, 7) is 2.73. The summed E-state index contributed by atoms with van der Waals surface area (Å²) in [6, 6.07) is 7.26. The van der Waals surface area contributed by atoms with Crippen molar-refractivity contribution >= 4 is 5.69 Å². The van der Waals surface area contributed by atoms with Crippen molar-refractivity contribution in [1.82, 2.24) is 4.90 Å². The summed E-state index contributed by atoms with van der Waals surface area (Å²) in [4.78, 5) is 12.5. The van der Waals surface area contributed by atoms with E-state index in [1.165, 1.54) is 12.1 Å². The lowest BCUT2D eigenvalue weighted by Crippen LogP contribution is -2.19. The first kappa shape index (κ1) is 18.7. The van der Waals surface area contributed by atoms with Crippen molar-refractivity contribution in [2.45, 2.75) is 20.0 Å². The van der Waals surface area contributed by atoms with E-state index >= 15 is 0 Å². The molecule has 0 aromatic heterocycles. The molecule has 0 aliphatic carbocycles. The molecule has 0 bridgehead atoms. The molecular formula is C18H21FN2O4. The monoisotopic (exact) mass is 348 g/mol. The number of rotatable bonds is 7. The summed E-state index contributed by atoms with van der Waals surface area (Å²) in [6.07, 6.45) is 0. The molecule has 134 valence electrons. The SMILES string of the molecule is COc1cc(C)c(CN(C)Cc2cc(F)ccc2[N+](=O)[O-])cc1OC. The van der Waals surface area contributed by atoms with Gasteiger partial charge in [-0.25, -0.2) is 4.39 Å². The molecule has 0 radical (unpaired) electrons. The zero-order valence-electron chi connectivity index (χ0n) is 14.7. The molecule has 7 heteroatoms. The first-order valence-electron chi connectivity index (χ1n) is 7.68. The van der Waals surface area contributed by atoms with Crippen molar-refractivity contribution < 1.29 is 18.8 Å². The van der Waals surface area contributed by atoms with Gasteiger partial charge in [0, 0.05) is 24.7 Å². The van der Waals surface area contributed by atoms with Crippen LogP contribution in [0.3, 0.4) is 0 Å². The summed E-state index contributed by atoms with van der Waals surface area (Å²) >= 11 is 0. The Morgan fingerprint density at radius 1 is 1.08 bits per heavy atom. The molecule has 0 fully saturated rings. The zero-order chi connectivity index (χ0) is 18.6. The summed E-state index contributed by atoms with van der Waals surface area (Å²) in [5, 5.41) is 11.1. The second kappa shape index (κ2) is 7.94. The zero-order valence-corrected chi connectivity index (χ0v) is 14.7. The molecular weight excluding hydrogens is 327 g/mol. The van der Waals surface area contributed by atoms with E-state index in [2.05, 4.69) is 0 Å². The second-order valence-corrected chi connectivity index (χ2v) is 5.84. The van der Waals surface area contributed by atoms with E-state index in [-0.39, 0.29) is 12.2 Å². The maximum absolute atomic E-state index is 13.5. The Bertz CT molecular complexity index is 780. The third-order valence-corrected chi connectivity index (χ3v) is 3.96. The summed E-state index contributed by atoms with van der Waals surface area (Å²) in [5.74, 6) is 0.775. The molecule has 0 unspecified atom stereocenters. The number of halogens is 1. The van der Waals surface area contributed by atoms with Crippen LogP contribution in [0, 0.1) is 22.9 Å². The number of ether oxygens (including phenoxy) is 2. The molecule has 0 atom stereocenters. The van der Waals surface area contributed by atoms with Gasteiger partial charge in [-0.1, -0.05) is 0 Å². The Morgan fingerprint density at radius 2 is 1.68 bits per heavy atom. The topological polar surface area (TPSA) is 64.8 Å². The number of nitrogens with zero attached hydrogens (tertiary/aromatic N) is 2. The van der Waals surface area contributed by atoms with Crippen molar-refractivity contribution in [2.75, 3.05) is 21.3 Å². The third kappa shape index (κ3) is 4.45. The predicted molar refractivity (Wildman–Crippen MR) is 92.5 cm³/mol. The number of aryl methyl sites for hydroxylation is 1. The standard InChI is InChI=1S/C18H21FN2O4/c1-12-7-17(24-3)18(25-4)9-13(12)10-20(2)11-14-8-15(19)5-6-16(14)21(22)23/h5-9H,10-11H2,1-4H3. The molecule has 6 nitrogen and oxygen atoms in total. The molecule has 0 aliphatic rings. The molecule has 0 aliphatic heterocycles. The van der Waals surface area contributed by atoms with E-state index in [0.29, 0.717) is 23.6 Å². The molecule has 25 heavy (non-hydrogen) atoms. The first-order chi connectivity index (χ1) is 11.8. The number of methoxy groups -OCH3 is 2. The smallest absolute Gasteiger partial charge is 0.274 e. The van der Waals surface area contributed by atoms with Crippen LogP contribution in [0.4, 0.5) is 10.1 Å². The molecule has 0 saturated heterocycles. The molecule has 0 N–H and O–H groups in total. The molecule has 2 rings (SSSR count). The van der Waals surface area contributed by atoms with Crippen LogP contribution >= 0.6 is 0 Å². The van der Waals surface area contributed by atoms with Crippen LogP contribution in [0.2, 0.25) is 0 Å². The number of hydrogen-bond donors (Lipinski definition) is 0. The van der Waals surface area contributed by atoms with Gasteiger partial charge in [-0.3, -0.25) is 15.0 Å². The molecule has 0 amide bonds. The van der Waals surface area contributed by atoms with Gasteiger partial charge in [-0.15, -0.1) is 0 Å². The molecule has 0 heterocycles. The quantitative estimate of drug-likeness (QED) is 0.564. The predicted octanol–water partition coefficient (Wildman–Crippen LogP) is 3.69. The van der Waals surface area contributed by atoms with Gasteiger partial charge >= 0.3 is 0 Å². The summed E-state index contributed by atoms with van der Waals surface area (Å²) in [5.41, 5.74) is 2.26. The highest BCUT2D eigenvalue weighted by molar-refractivity contribution is 5.47. The van der Waals surface area contributed by atoms with E-state index in [0.717, 1.165) is 17.2 Å². The van der Waals surface area contributed by atoms with Crippen LogP contribution < -0.4 is 9.47 Å². The van der Waals surface area contributed by atoms with Gasteiger partial charge < -0.3 is 9.47 Å².